The zero-order valence-electron chi connectivity index (χ0n) is 21.5. The van der Waals surface area contributed by atoms with Crippen molar-refractivity contribution in [3.8, 4) is 11.5 Å². The van der Waals surface area contributed by atoms with Crippen LogP contribution in [0.5, 0.6) is 11.5 Å². The summed E-state index contributed by atoms with van der Waals surface area (Å²) in [5.41, 5.74) is 3.84. The van der Waals surface area contributed by atoms with Crippen LogP contribution in [0.4, 0.5) is 14.9 Å². The maximum Gasteiger partial charge on any atom is 0.293 e. The molecule has 7 nitrogen and oxygen atoms in total. The predicted molar refractivity (Wildman–Crippen MR) is 151 cm³/mol. The molecule has 4 rings (SSSR count). The predicted octanol–water partition coefficient (Wildman–Crippen LogP) is 6.75. The molecule has 0 saturated carbocycles. The van der Waals surface area contributed by atoms with Crippen LogP contribution in [0.25, 0.3) is 6.08 Å². The van der Waals surface area contributed by atoms with Crippen molar-refractivity contribution in [3.05, 3.63) is 92.6 Å². The standard InChI is InChI=1S/C29H26ClFN2O5S/c1-4-37-25-12-19(8-11-24(25)38-16-27(34)32-23-7-5-6-17(2)18(23)3)13-26-28(35)33(29(36)39-26)15-20-9-10-21(31)14-22(20)30/h5-14H,4,15-16H2,1-3H3,(H,32,34)/b26-13-. The first-order valence-electron chi connectivity index (χ1n) is 12.1. The number of nitrogens with zero attached hydrogens (tertiary/aromatic N) is 1. The number of imide groups is 1. The fourth-order valence-corrected chi connectivity index (χ4v) is 4.89. The highest BCUT2D eigenvalue weighted by Gasteiger charge is 2.35. The SMILES string of the molecule is CCOc1cc(/C=C2\SC(=O)N(Cc3ccc(F)cc3Cl)C2=O)ccc1OCC(=O)Nc1cccc(C)c1C. The molecule has 0 radical (unpaired) electrons. The summed E-state index contributed by atoms with van der Waals surface area (Å²) in [6.45, 7) is 5.78. The monoisotopic (exact) mass is 568 g/mol. The zero-order chi connectivity index (χ0) is 28.1. The van der Waals surface area contributed by atoms with Gasteiger partial charge in [0, 0.05) is 10.7 Å². The van der Waals surface area contributed by atoms with Gasteiger partial charge < -0.3 is 14.8 Å². The molecule has 0 aromatic heterocycles. The van der Waals surface area contributed by atoms with Gasteiger partial charge in [0.15, 0.2) is 18.1 Å². The van der Waals surface area contributed by atoms with Crippen LogP contribution in [0, 0.1) is 19.7 Å². The van der Waals surface area contributed by atoms with Crippen LogP contribution in [-0.4, -0.2) is 35.2 Å². The summed E-state index contributed by atoms with van der Waals surface area (Å²) in [7, 11) is 0. The fourth-order valence-electron chi connectivity index (χ4n) is 3.83. The molecule has 1 aliphatic heterocycles. The van der Waals surface area contributed by atoms with E-state index < -0.39 is 17.0 Å². The molecule has 0 aliphatic carbocycles. The lowest BCUT2D eigenvalue weighted by Gasteiger charge is -2.14. The van der Waals surface area contributed by atoms with Crippen LogP contribution in [0.15, 0.2) is 59.5 Å². The van der Waals surface area contributed by atoms with Gasteiger partial charge in [0.2, 0.25) is 0 Å². The third-order valence-electron chi connectivity index (χ3n) is 6.02. The van der Waals surface area contributed by atoms with Crippen molar-refractivity contribution >= 4 is 52.2 Å². The Morgan fingerprint density at radius 2 is 1.87 bits per heavy atom. The number of thioether (sulfide) groups is 1. The van der Waals surface area contributed by atoms with Gasteiger partial charge in [-0.1, -0.05) is 35.9 Å². The van der Waals surface area contributed by atoms with Crippen molar-refractivity contribution in [3.63, 3.8) is 0 Å². The number of amides is 3. The first-order valence-corrected chi connectivity index (χ1v) is 13.3. The number of hydrogen-bond donors (Lipinski definition) is 1. The summed E-state index contributed by atoms with van der Waals surface area (Å²) < 4.78 is 24.8. The Hall–Kier alpha value is -3.82. The fraction of sp³-hybridized carbons (Fsp3) is 0.207. The second-order valence-corrected chi connectivity index (χ2v) is 10.1. The van der Waals surface area contributed by atoms with E-state index in [1.54, 1.807) is 24.3 Å². The van der Waals surface area contributed by atoms with E-state index in [-0.39, 0.29) is 29.0 Å². The Bertz CT molecular complexity index is 1480. The topological polar surface area (TPSA) is 84.9 Å². The van der Waals surface area contributed by atoms with Crippen molar-refractivity contribution in [1.29, 1.82) is 0 Å². The number of carbonyl (C=O) groups is 3. The maximum atomic E-state index is 13.4. The van der Waals surface area contributed by atoms with Crippen molar-refractivity contribution in [2.24, 2.45) is 0 Å². The van der Waals surface area contributed by atoms with Crippen molar-refractivity contribution in [1.82, 2.24) is 4.90 Å². The Balaban J connectivity index is 1.46. The van der Waals surface area contributed by atoms with Crippen LogP contribution in [0.2, 0.25) is 5.02 Å². The number of aryl methyl sites for hydroxylation is 1. The molecule has 1 N–H and O–H groups in total. The quantitative estimate of drug-likeness (QED) is 0.287. The summed E-state index contributed by atoms with van der Waals surface area (Å²) in [6.07, 6.45) is 1.58. The molecular formula is C29H26ClFN2O5S. The minimum Gasteiger partial charge on any atom is -0.490 e. The van der Waals surface area contributed by atoms with Gasteiger partial charge in [-0.15, -0.1) is 0 Å². The van der Waals surface area contributed by atoms with Crippen LogP contribution < -0.4 is 14.8 Å². The van der Waals surface area contributed by atoms with Crippen molar-refractivity contribution in [2.45, 2.75) is 27.3 Å². The first-order chi connectivity index (χ1) is 18.7. The second-order valence-electron chi connectivity index (χ2n) is 8.73. The van der Waals surface area contributed by atoms with Crippen LogP contribution in [0.3, 0.4) is 0 Å². The molecule has 1 fully saturated rings. The highest BCUT2D eigenvalue weighted by Crippen LogP contribution is 2.36. The average Bonchev–Trinajstić information content (AvgIpc) is 3.15. The summed E-state index contributed by atoms with van der Waals surface area (Å²) in [4.78, 5) is 39.3. The van der Waals surface area contributed by atoms with E-state index in [0.29, 0.717) is 29.2 Å². The third kappa shape index (κ3) is 6.79. The van der Waals surface area contributed by atoms with Gasteiger partial charge in [0.1, 0.15) is 5.82 Å². The summed E-state index contributed by atoms with van der Waals surface area (Å²) in [5.74, 6) is -0.540. The van der Waals surface area contributed by atoms with Gasteiger partial charge in [-0.05, 0) is 91.2 Å². The average molecular weight is 569 g/mol. The summed E-state index contributed by atoms with van der Waals surface area (Å²) in [6, 6.07) is 14.5. The first kappa shape index (κ1) is 28.2. The molecule has 1 saturated heterocycles. The van der Waals surface area contributed by atoms with E-state index in [1.807, 2.05) is 39.0 Å². The lowest BCUT2D eigenvalue weighted by molar-refractivity contribution is -0.123. The van der Waals surface area contributed by atoms with E-state index >= 15 is 0 Å². The Labute approximate surface area is 234 Å². The number of hydrogen-bond acceptors (Lipinski definition) is 6. The zero-order valence-corrected chi connectivity index (χ0v) is 23.1. The highest BCUT2D eigenvalue weighted by atomic mass is 35.5. The lowest BCUT2D eigenvalue weighted by atomic mass is 10.1. The molecule has 0 spiro atoms. The number of anilines is 1. The molecule has 0 unspecified atom stereocenters. The van der Waals surface area contributed by atoms with Gasteiger partial charge in [-0.2, -0.15) is 0 Å². The maximum absolute atomic E-state index is 13.4. The third-order valence-corrected chi connectivity index (χ3v) is 7.28. The molecule has 39 heavy (non-hydrogen) atoms. The number of halogens is 2. The normalized spacial score (nSPS) is 14.2. The minimum atomic E-state index is -0.502. The van der Waals surface area contributed by atoms with Gasteiger partial charge in [0.05, 0.1) is 18.1 Å². The van der Waals surface area contributed by atoms with Crippen LogP contribution in [0.1, 0.15) is 29.2 Å². The molecule has 0 atom stereocenters. The molecule has 3 aromatic rings. The molecular weight excluding hydrogens is 543 g/mol. The number of ether oxygens (including phenoxy) is 2. The lowest BCUT2D eigenvalue weighted by Crippen LogP contribution is -2.27. The Morgan fingerprint density at radius 1 is 1.08 bits per heavy atom. The van der Waals surface area contributed by atoms with Gasteiger partial charge in [-0.3, -0.25) is 19.3 Å². The number of carbonyl (C=O) groups excluding carboxylic acids is 3. The van der Waals surface area contributed by atoms with Gasteiger partial charge >= 0.3 is 0 Å². The molecule has 1 heterocycles. The van der Waals surface area contributed by atoms with Gasteiger partial charge in [0.25, 0.3) is 17.1 Å². The molecule has 1 aliphatic rings. The van der Waals surface area contributed by atoms with E-state index in [1.165, 1.54) is 12.1 Å². The number of benzene rings is 3. The van der Waals surface area contributed by atoms with Crippen LogP contribution in [-0.2, 0) is 16.1 Å². The summed E-state index contributed by atoms with van der Waals surface area (Å²) >= 11 is 6.87. The highest BCUT2D eigenvalue weighted by molar-refractivity contribution is 8.18. The van der Waals surface area contributed by atoms with E-state index in [0.717, 1.165) is 39.5 Å². The largest absolute Gasteiger partial charge is 0.490 e. The molecule has 10 heteroatoms. The Morgan fingerprint density at radius 3 is 2.62 bits per heavy atom. The molecule has 3 aromatic carbocycles. The van der Waals surface area contributed by atoms with E-state index in [4.69, 9.17) is 21.1 Å². The van der Waals surface area contributed by atoms with Gasteiger partial charge in [-0.25, -0.2) is 4.39 Å². The van der Waals surface area contributed by atoms with Crippen LogP contribution >= 0.6 is 23.4 Å². The number of nitrogens with one attached hydrogen (secondary N) is 1. The molecule has 0 bridgehead atoms. The molecule has 202 valence electrons. The molecule has 3 amide bonds. The minimum absolute atomic E-state index is 0.0672. The van der Waals surface area contributed by atoms with Crippen molar-refractivity contribution < 1.29 is 28.2 Å². The van der Waals surface area contributed by atoms with E-state index in [9.17, 15) is 18.8 Å². The number of rotatable bonds is 9. The van der Waals surface area contributed by atoms with E-state index in [2.05, 4.69) is 5.32 Å². The Kier molecular flexibility index (Phi) is 8.93. The smallest absolute Gasteiger partial charge is 0.293 e. The summed E-state index contributed by atoms with van der Waals surface area (Å²) in [5, 5.41) is 2.54. The second kappa shape index (κ2) is 12.4. The van der Waals surface area contributed by atoms with Crippen molar-refractivity contribution in [2.75, 3.05) is 18.5 Å².